The van der Waals surface area contributed by atoms with E-state index in [-0.39, 0.29) is 5.78 Å². The van der Waals surface area contributed by atoms with Gasteiger partial charge in [-0.1, -0.05) is 0 Å². The molecule has 0 atom stereocenters. The van der Waals surface area contributed by atoms with Gasteiger partial charge >= 0.3 is 5.11 Å². The van der Waals surface area contributed by atoms with Crippen LogP contribution >= 0.6 is 0 Å². The van der Waals surface area contributed by atoms with E-state index in [9.17, 15) is 4.79 Å². The molecule has 3 nitrogen and oxygen atoms in total. The van der Waals surface area contributed by atoms with Gasteiger partial charge in [-0.15, -0.1) is 0 Å². The van der Waals surface area contributed by atoms with E-state index in [1.807, 2.05) is 0 Å². The van der Waals surface area contributed by atoms with Crippen LogP contribution in [-0.2, 0) is 16.1 Å². The number of carbonyl (C=O) groups excluding carboxylic acids is 1. The van der Waals surface area contributed by atoms with Gasteiger partial charge in [-0.3, -0.25) is 4.79 Å². The summed E-state index contributed by atoms with van der Waals surface area (Å²) in [6, 6.07) is 0. The second-order valence-electron chi connectivity index (χ2n) is 1.83. The third kappa shape index (κ3) is 2.14. The first-order chi connectivity index (χ1) is 4.79. The lowest BCUT2D eigenvalue weighted by Gasteiger charge is -1.70. The van der Waals surface area contributed by atoms with E-state index in [1.54, 1.807) is 19.4 Å². The van der Waals surface area contributed by atoms with Crippen LogP contribution in [0.15, 0.2) is 9.98 Å². The molecular formula is C6H7N2OS+. The van der Waals surface area contributed by atoms with Gasteiger partial charge in [0.2, 0.25) is 17.1 Å². The van der Waals surface area contributed by atoms with Gasteiger partial charge in [-0.2, -0.15) is 9.98 Å². The first-order valence-corrected chi connectivity index (χ1v) is 3.83. The van der Waals surface area contributed by atoms with Gasteiger partial charge in [-0.25, -0.2) is 0 Å². The van der Waals surface area contributed by atoms with E-state index in [1.165, 1.54) is 11.4 Å². The molecule has 0 fully saturated rings. The predicted octanol–water partition coefficient (Wildman–Crippen LogP) is -0.0994. The van der Waals surface area contributed by atoms with Crippen molar-refractivity contribution in [2.24, 2.45) is 9.98 Å². The first-order valence-electron chi connectivity index (χ1n) is 2.85. The molecule has 1 rings (SSSR count). The van der Waals surface area contributed by atoms with Gasteiger partial charge in [0, 0.05) is 0 Å². The van der Waals surface area contributed by atoms with Crippen molar-refractivity contribution >= 4 is 34.7 Å². The summed E-state index contributed by atoms with van der Waals surface area (Å²) in [7, 11) is 0. The summed E-state index contributed by atoms with van der Waals surface area (Å²) in [5.41, 5.74) is 0. The molecule has 0 aromatic carbocycles. The monoisotopic (exact) mass is 155 g/mol. The molecule has 0 aliphatic carbocycles. The number of Topliss-reactive ketones (excluding diaryl/α,β-unsaturated/α-hetero) is 1. The van der Waals surface area contributed by atoms with Crippen molar-refractivity contribution in [3.8, 4) is 0 Å². The van der Waals surface area contributed by atoms with E-state index in [0.717, 1.165) is 0 Å². The Bertz CT molecular complexity index is 216. The number of hydrogen-bond acceptors (Lipinski definition) is 1. The second kappa shape index (κ2) is 3.31. The van der Waals surface area contributed by atoms with E-state index < -0.39 is 0 Å². The van der Waals surface area contributed by atoms with Crippen LogP contribution in [-0.4, -0.2) is 29.1 Å². The summed E-state index contributed by atoms with van der Waals surface area (Å²) < 4.78 is 0. The molecule has 0 aromatic heterocycles. The lowest BCUT2D eigenvalue weighted by atomic mass is 10.5. The minimum atomic E-state index is 0.148. The smallest absolute Gasteiger partial charge is 0.294 e. The Hall–Kier alpha value is -0.900. The normalized spacial score (nSPS) is 14.3. The maximum absolute atomic E-state index is 10.5. The van der Waals surface area contributed by atoms with Crippen LogP contribution < -0.4 is 0 Å². The van der Waals surface area contributed by atoms with Crippen LogP contribution in [0.25, 0.3) is 0 Å². The average Bonchev–Trinajstić information content (AvgIpc) is 2.34. The Morgan fingerprint density at radius 2 is 2.20 bits per heavy atom. The Balaban J connectivity index is 2.48. The molecule has 1 aliphatic heterocycles. The molecule has 0 spiro atoms. The summed E-state index contributed by atoms with van der Waals surface area (Å²) in [6.45, 7) is 1.55. The quantitative estimate of drug-likeness (QED) is 0.405. The van der Waals surface area contributed by atoms with Gasteiger partial charge < -0.3 is 0 Å². The fraction of sp³-hybridized carbons (Fsp3) is 0.333. The van der Waals surface area contributed by atoms with E-state index in [0.29, 0.717) is 10.9 Å². The number of ketones is 1. The zero-order valence-corrected chi connectivity index (χ0v) is 6.39. The van der Waals surface area contributed by atoms with Crippen molar-refractivity contribution in [2.75, 3.05) is 5.75 Å². The number of rotatable bonds is 2. The highest BCUT2D eigenvalue weighted by atomic mass is 32.1. The van der Waals surface area contributed by atoms with Crippen LogP contribution in [0.5, 0.6) is 0 Å². The summed E-state index contributed by atoms with van der Waals surface area (Å²) >= 11 is 1.36. The fourth-order valence-corrected chi connectivity index (χ4v) is 1.07. The van der Waals surface area contributed by atoms with E-state index in [4.69, 9.17) is 0 Å². The third-order valence-corrected chi connectivity index (χ3v) is 1.86. The van der Waals surface area contributed by atoms with Gasteiger partial charge in [0.15, 0.2) is 5.78 Å². The fourth-order valence-electron chi connectivity index (χ4n) is 0.468. The van der Waals surface area contributed by atoms with Crippen LogP contribution in [0.3, 0.4) is 0 Å². The topological polar surface area (TPSA) is 41.8 Å². The molecule has 4 heteroatoms. The predicted molar refractivity (Wildman–Crippen MR) is 44.9 cm³/mol. The highest BCUT2D eigenvalue weighted by molar-refractivity contribution is 7.79. The molecule has 0 radical (unpaired) electrons. The zero-order chi connectivity index (χ0) is 7.40. The second-order valence-corrected chi connectivity index (χ2v) is 2.77. The highest BCUT2D eigenvalue weighted by Gasteiger charge is 2.10. The van der Waals surface area contributed by atoms with Gasteiger partial charge in [-0.05, 0) is 6.92 Å². The molecule has 1 aliphatic rings. The number of carbonyl (C=O) groups is 1. The molecule has 0 aromatic rings. The highest BCUT2D eigenvalue weighted by Crippen LogP contribution is 1.85. The van der Waals surface area contributed by atoms with Gasteiger partial charge in [0.05, 0.1) is 12.4 Å². The Labute approximate surface area is 62.8 Å². The maximum Gasteiger partial charge on any atom is 0.416 e. The molecule has 0 bridgehead atoms. The number of nitrogens with zero attached hydrogens (tertiary/aromatic N) is 2. The Morgan fingerprint density at radius 3 is 2.70 bits per heavy atom. The molecule has 0 saturated carbocycles. The van der Waals surface area contributed by atoms with Gasteiger partial charge in [0.1, 0.15) is 0 Å². The van der Waals surface area contributed by atoms with Crippen LogP contribution in [0.4, 0.5) is 0 Å². The summed E-state index contributed by atoms with van der Waals surface area (Å²) in [5, 5.41) is 0.676. The molecule has 52 valence electrons. The first kappa shape index (κ1) is 7.21. The molecule has 0 saturated heterocycles. The summed E-state index contributed by atoms with van der Waals surface area (Å²) in [6.07, 6.45) is 3.23. The lowest BCUT2D eigenvalue weighted by molar-refractivity contribution is -0.114. The van der Waals surface area contributed by atoms with E-state index in [2.05, 4.69) is 9.98 Å². The average molecular weight is 155 g/mol. The summed E-state index contributed by atoms with van der Waals surface area (Å²) in [5.74, 6) is 0.610. The van der Waals surface area contributed by atoms with Crippen molar-refractivity contribution in [3.05, 3.63) is 0 Å². The SMILES string of the molecule is CC(=O)C[S+]=C1N=CC=N1. The van der Waals surface area contributed by atoms with Crippen molar-refractivity contribution < 1.29 is 4.79 Å². The zero-order valence-electron chi connectivity index (χ0n) is 5.57. The van der Waals surface area contributed by atoms with Gasteiger partial charge in [0.25, 0.3) is 0 Å². The van der Waals surface area contributed by atoms with Crippen LogP contribution in [0.1, 0.15) is 6.92 Å². The molecular weight excluding hydrogens is 148 g/mol. The maximum atomic E-state index is 10.5. The van der Waals surface area contributed by atoms with Crippen molar-refractivity contribution in [3.63, 3.8) is 0 Å². The molecule has 1 heterocycles. The lowest BCUT2D eigenvalue weighted by Crippen LogP contribution is -2.00. The van der Waals surface area contributed by atoms with E-state index >= 15 is 0 Å². The standard InChI is InChI=1S/C6H7N2OS/c1-5(9)4-10-6-7-2-3-8-6/h2-3H,4H2,1H3/q+1. The molecule has 0 unspecified atom stereocenters. The number of hydrogen-bond donors (Lipinski definition) is 0. The minimum Gasteiger partial charge on any atom is -0.294 e. The third-order valence-electron chi connectivity index (χ3n) is 0.841. The molecule has 0 N–H and O–H groups in total. The summed E-state index contributed by atoms with van der Waals surface area (Å²) in [4.78, 5) is 18.2. The van der Waals surface area contributed by atoms with Crippen LogP contribution in [0, 0.1) is 0 Å². The Kier molecular flexibility index (Phi) is 2.39. The number of aliphatic imine (C=N–C) groups is 2. The van der Waals surface area contributed by atoms with Crippen molar-refractivity contribution in [2.45, 2.75) is 6.92 Å². The Morgan fingerprint density at radius 1 is 1.60 bits per heavy atom. The van der Waals surface area contributed by atoms with Crippen molar-refractivity contribution in [1.29, 1.82) is 0 Å². The molecule has 0 amide bonds. The minimum absolute atomic E-state index is 0.148. The largest absolute Gasteiger partial charge is 0.416 e. The van der Waals surface area contributed by atoms with Crippen molar-refractivity contribution in [1.82, 2.24) is 0 Å². The molecule has 10 heavy (non-hydrogen) atoms. The van der Waals surface area contributed by atoms with Crippen LogP contribution in [0.2, 0.25) is 0 Å².